The van der Waals surface area contributed by atoms with Crippen LogP contribution in [0.15, 0.2) is 0 Å². The van der Waals surface area contributed by atoms with Crippen LogP contribution < -0.4 is 5.32 Å². The molecule has 7 heteroatoms. The first-order valence-electron chi connectivity index (χ1n) is 8.96. The number of amides is 2. The van der Waals surface area contributed by atoms with Crippen LogP contribution in [0.4, 0.5) is 0 Å². The van der Waals surface area contributed by atoms with E-state index in [4.69, 9.17) is 0 Å². The van der Waals surface area contributed by atoms with Gasteiger partial charge >= 0.3 is 0 Å². The molecule has 0 aromatic carbocycles. The van der Waals surface area contributed by atoms with Crippen LogP contribution in [0.2, 0.25) is 0 Å². The maximum absolute atomic E-state index is 12.2. The number of rotatable bonds is 3. The third-order valence-electron chi connectivity index (χ3n) is 5.63. The number of hydrogen-bond donors (Lipinski definition) is 1. The summed E-state index contributed by atoms with van der Waals surface area (Å²) in [6, 6.07) is 0. The molecule has 0 saturated carbocycles. The molecule has 7 nitrogen and oxygen atoms in total. The maximum Gasteiger partial charge on any atom is 0.241 e. The Kier molecular flexibility index (Phi) is 4.87. The van der Waals surface area contributed by atoms with Gasteiger partial charge in [-0.3, -0.25) is 9.59 Å². The van der Waals surface area contributed by atoms with E-state index in [9.17, 15) is 9.59 Å². The fourth-order valence-corrected chi connectivity index (χ4v) is 3.97. The van der Waals surface area contributed by atoms with Crippen LogP contribution in [0.3, 0.4) is 0 Å². The SMILES string of the molecule is CCc1nnc2n1CCC1(CC2)CCN(C(=O)CNC(C)=O)CC1. The van der Waals surface area contributed by atoms with Gasteiger partial charge in [-0.05, 0) is 31.1 Å². The van der Waals surface area contributed by atoms with Crippen molar-refractivity contribution in [3.8, 4) is 0 Å². The van der Waals surface area contributed by atoms with Crippen molar-refractivity contribution in [2.75, 3.05) is 19.6 Å². The fourth-order valence-electron chi connectivity index (χ4n) is 3.97. The molecule has 0 unspecified atom stereocenters. The Morgan fingerprint density at radius 2 is 1.83 bits per heavy atom. The first kappa shape index (κ1) is 16.9. The second kappa shape index (κ2) is 6.91. The van der Waals surface area contributed by atoms with E-state index in [2.05, 4.69) is 27.0 Å². The molecule has 0 atom stereocenters. The monoisotopic (exact) mass is 333 g/mol. The number of carbonyl (C=O) groups excluding carboxylic acids is 2. The van der Waals surface area contributed by atoms with Crippen LogP contribution in [0.5, 0.6) is 0 Å². The van der Waals surface area contributed by atoms with E-state index in [1.165, 1.54) is 6.92 Å². The summed E-state index contributed by atoms with van der Waals surface area (Å²) in [6.07, 6.45) is 6.25. The average molecular weight is 333 g/mol. The third kappa shape index (κ3) is 3.44. The minimum absolute atomic E-state index is 0.0269. The Balaban J connectivity index is 1.57. The van der Waals surface area contributed by atoms with Crippen molar-refractivity contribution < 1.29 is 9.59 Å². The fraction of sp³-hybridized carbons (Fsp3) is 0.765. The Morgan fingerprint density at radius 1 is 1.12 bits per heavy atom. The van der Waals surface area contributed by atoms with Crippen molar-refractivity contribution in [2.24, 2.45) is 5.41 Å². The lowest BCUT2D eigenvalue weighted by atomic mass is 9.73. The van der Waals surface area contributed by atoms with E-state index in [-0.39, 0.29) is 18.4 Å². The number of carbonyl (C=O) groups is 2. The first-order valence-corrected chi connectivity index (χ1v) is 8.96. The lowest BCUT2D eigenvalue weighted by Gasteiger charge is -2.41. The number of aryl methyl sites for hydroxylation is 2. The lowest BCUT2D eigenvalue weighted by Crippen LogP contribution is -2.46. The second-order valence-corrected chi connectivity index (χ2v) is 7.08. The van der Waals surface area contributed by atoms with E-state index in [1.807, 2.05) is 4.90 Å². The largest absolute Gasteiger partial charge is 0.347 e. The molecule has 1 fully saturated rings. The highest BCUT2D eigenvalue weighted by molar-refractivity contribution is 5.83. The molecule has 1 spiro atoms. The van der Waals surface area contributed by atoms with Gasteiger partial charge in [-0.15, -0.1) is 10.2 Å². The summed E-state index contributed by atoms with van der Waals surface area (Å²) in [5, 5.41) is 11.2. The number of piperidine rings is 1. The molecular weight excluding hydrogens is 306 g/mol. The smallest absolute Gasteiger partial charge is 0.241 e. The zero-order valence-electron chi connectivity index (χ0n) is 14.7. The van der Waals surface area contributed by atoms with E-state index in [0.717, 1.165) is 69.8 Å². The summed E-state index contributed by atoms with van der Waals surface area (Å²) in [6.45, 7) is 6.25. The summed E-state index contributed by atoms with van der Waals surface area (Å²) in [5.41, 5.74) is 0.316. The Labute approximate surface area is 142 Å². The number of nitrogens with zero attached hydrogens (tertiary/aromatic N) is 4. The quantitative estimate of drug-likeness (QED) is 0.892. The van der Waals surface area contributed by atoms with Gasteiger partial charge in [0, 0.05) is 39.4 Å². The van der Waals surface area contributed by atoms with Gasteiger partial charge in [0.15, 0.2) is 0 Å². The molecular formula is C17H27N5O2. The van der Waals surface area contributed by atoms with Crippen molar-refractivity contribution in [1.82, 2.24) is 25.0 Å². The summed E-state index contributed by atoms with van der Waals surface area (Å²) < 4.78 is 2.29. The van der Waals surface area contributed by atoms with Crippen molar-refractivity contribution in [3.63, 3.8) is 0 Å². The number of aromatic nitrogens is 3. The molecule has 1 aromatic heterocycles. The molecule has 0 aliphatic carbocycles. The van der Waals surface area contributed by atoms with E-state index < -0.39 is 0 Å². The van der Waals surface area contributed by atoms with Gasteiger partial charge in [0.2, 0.25) is 11.8 Å². The van der Waals surface area contributed by atoms with Gasteiger partial charge in [-0.25, -0.2) is 0 Å². The normalized spacial score (nSPS) is 19.7. The summed E-state index contributed by atoms with van der Waals surface area (Å²) in [7, 11) is 0. The van der Waals surface area contributed by atoms with E-state index >= 15 is 0 Å². The van der Waals surface area contributed by atoms with Crippen LogP contribution in [0.1, 0.15) is 51.2 Å². The zero-order valence-corrected chi connectivity index (χ0v) is 14.7. The van der Waals surface area contributed by atoms with Crippen LogP contribution in [0, 0.1) is 5.41 Å². The number of likely N-dealkylation sites (tertiary alicyclic amines) is 1. The highest BCUT2D eigenvalue weighted by Crippen LogP contribution is 2.41. The third-order valence-corrected chi connectivity index (χ3v) is 5.63. The second-order valence-electron chi connectivity index (χ2n) is 7.08. The Hall–Kier alpha value is -1.92. The summed E-state index contributed by atoms with van der Waals surface area (Å²) in [5.74, 6) is 2.08. The van der Waals surface area contributed by atoms with Crippen molar-refractivity contribution in [3.05, 3.63) is 11.6 Å². The Bertz CT molecular complexity index is 616. The topological polar surface area (TPSA) is 80.1 Å². The van der Waals surface area contributed by atoms with Crippen LogP contribution in [0.25, 0.3) is 0 Å². The van der Waals surface area contributed by atoms with Gasteiger partial charge in [0.25, 0.3) is 0 Å². The van der Waals surface area contributed by atoms with Crippen LogP contribution in [-0.4, -0.2) is 51.1 Å². The molecule has 0 radical (unpaired) electrons. The minimum Gasteiger partial charge on any atom is -0.347 e. The summed E-state index contributed by atoms with van der Waals surface area (Å²) in [4.78, 5) is 25.0. The van der Waals surface area contributed by atoms with Gasteiger partial charge in [0.05, 0.1) is 6.54 Å². The van der Waals surface area contributed by atoms with Crippen molar-refractivity contribution >= 4 is 11.8 Å². The highest BCUT2D eigenvalue weighted by Gasteiger charge is 2.37. The van der Waals surface area contributed by atoms with Gasteiger partial charge < -0.3 is 14.8 Å². The molecule has 1 aromatic rings. The maximum atomic E-state index is 12.2. The van der Waals surface area contributed by atoms with Gasteiger partial charge in [-0.2, -0.15) is 0 Å². The molecule has 3 heterocycles. The van der Waals surface area contributed by atoms with Gasteiger partial charge in [0.1, 0.15) is 11.6 Å². The molecule has 2 aliphatic rings. The standard InChI is InChI=1S/C17H27N5O2/c1-3-14-19-20-15-4-5-17(8-11-22(14)15)6-9-21(10-7-17)16(24)12-18-13(2)23/h3-12H2,1-2H3,(H,18,23). The number of nitrogens with one attached hydrogen (secondary N) is 1. The number of fused-ring (bicyclic) bond motifs is 1. The minimum atomic E-state index is -0.157. The average Bonchev–Trinajstić information content (AvgIpc) is 2.90. The van der Waals surface area contributed by atoms with Crippen LogP contribution in [-0.2, 0) is 29.0 Å². The number of hydrogen-bond acceptors (Lipinski definition) is 4. The van der Waals surface area contributed by atoms with Crippen molar-refractivity contribution in [1.29, 1.82) is 0 Å². The first-order chi connectivity index (χ1) is 11.5. The highest BCUT2D eigenvalue weighted by atomic mass is 16.2. The molecule has 24 heavy (non-hydrogen) atoms. The predicted octanol–water partition coefficient (Wildman–Crippen LogP) is 0.922. The molecule has 132 valence electrons. The lowest BCUT2D eigenvalue weighted by molar-refractivity contribution is -0.134. The van der Waals surface area contributed by atoms with E-state index in [1.54, 1.807) is 0 Å². The molecule has 1 N–H and O–H groups in total. The molecule has 3 rings (SSSR count). The molecule has 2 amide bonds. The molecule has 1 saturated heterocycles. The Morgan fingerprint density at radius 3 is 2.50 bits per heavy atom. The predicted molar refractivity (Wildman–Crippen MR) is 89.3 cm³/mol. The van der Waals surface area contributed by atoms with Gasteiger partial charge in [-0.1, -0.05) is 6.92 Å². The van der Waals surface area contributed by atoms with Crippen molar-refractivity contribution in [2.45, 2.75) is 58.9 Å². The molecule has 2 aliphatic heterocycles. The van der Waals surface area contributed by atoms with Crippen LogP contribution >= 0.6 is 0 Å². The summed E-state index contributed by atoms with van der Waals surface area (Å²) >= 11 is 0. The molecule has 0 bridgehead atoms. The van der Waals surface area contributed by atoms with E-state index in [0.29, 0.717) is 5.41 Å². The zero-order chi connectivity index (χ0) is 17.2.